The van der Waals surface area contributed by atoms with Crippen LogP contribution in [0.2, 0.25) is 0 Å². The summed E-state index contributed by atoms with van der Waals surface area (Å²) in [6, 6.07) is 19.1. The number of carbonyl (C=O) groups excluding carboxylic acids is 4. The Labute approximate surface area is 212 Å². The van der Waals surface area contributed by atoms with Crippen LogP contribution < -0.4 is 0 Å². The zero-order valence-corrected chi connectivity index (χ0v) is 22.1. The largest absolute Gasteiger partial charge is 0.465 e. The molecule has 0 saturated carbocycles. The Morgan fingerprint density at radius 2 is 1.34 bits per heavy atom. The van der Waals surface area contributed by atoms with Crippen LogP contribution >= 0.6 is 11.8 Å². The Hall–Kier alpha value is -2.93. The quantitative estimate of drug-likeness (QED) is 0.308. The predicted octanol–water partition coefficient (Wildman–Crippen LogP) is 4.73. The number of hydrogen-bond donors (Lipinski definition) is 0. The molecule has 0 fully saturated rings. The third kappa shape index (κ3) is 9.68. The zero-order chi connectivity index (χ0) is 26.3. The molecule has 0 aliphatic heterocycles. The van der Waals surface area contributed by atoms with Gasteiger partial charge in [0.2, 0.25) is 0 Å². The summed E-state index contributed by atoms with van der Waals surface area (Å²) < 4.78 is 10.00. The fourth-order valence-electron chi connectivity index (χ4n) is 3.50. The van der Waals surface area contributed by atoms with E-state index in [1.807, 2.05) is 66.9 Å². The van der Waals surface area contributed by atoms with E-state index in [9.17, 15) is 19.2 Å². The maximum atomic E-state index is 12.2. The van der Waals surface area contributed by atoms with Gasteiger partial charge in [0.25, 0.3) is 0 Å². The highest BCUT2D eigenvalue weighted by Gasteiger charge is 2.44. The van der Waals surface area contributed by atoms with E-state index in [1.165, 1.54) is 25.6 Å². The van der Waals surface area contributed by atoms with Crippen LogP contribution in [0.1, 0.15) is 38.8 Å². The van der Waals surface area contributed by atoms with Gasteiger partial charge < -0.3 is 9.47 Å². The van der Waals surface area contributed by atoms with Crippen molar-refractivity contribution in [3.63, 3.8) is 0 Å². The van der Waals surface area contributed by atoms with Crippen molar-refractivity contribution in [3.05, 3.63) is 71.8 Å². The standard InChI is InChI=1S/C15H20O3S.C13H16O3/c1-4-18-14(17)15(11-19-3,12(2)16)10-13-8-6-5-7-9-13;1-3-16-13(15)12(10(2)14)9-11-7-5-4-6-8-11/h5-9H,4,10-11H2,1-3H3;4-8,12H,3,9H2,1-2H3. The van der Waals surface area contributed by atoms with Crippen LogP contribution in [0.5, 0.6) is 0 Å². The minimum Gasteiger partial charge on any atom is -0.465 e. The summed E-state index contributed by atoms with van der Waals surface area (Å²) in [5, 5.41) is 0. The van der Waals surface area contributed by atoms with Gasteiger partial charge in [-0.2, -0.15) is 11.8 Å². The molecule has 2 atom stereocenters. The minimum absolute atomic E-state index is 0.135. The molecule has 0 N–H and O–H groups in total. The second kappa shape index (κ2) is 15.9. The summed E-state index contributed by atoms with van der Waals surface area (Å²) in [5.74, 6) is -1.37. The van der Waals surface area contributed by atoms with Crippen molar-refractivity contribution >= 4 is 35.3 Å². The minimum atomic E-state index is -1.07. The number of carbonyl (C=O) groups is 4. The van der Waals surface area contributed by atoms with Crippen molar-refractivity contribution in [3.8, 4) is 0 Å². The van der Waals surface area contributed by atoms with Crippen LogP contribution in [0.3, 0.4) is 0 Å². The molecule has 2 aromatic carbocycles. The number of Topliss-reactive ketones (excluding diaryl/α,β-unsaturated/α-hetero) is 2. The molecule has 2 unspecified atom stereocenters. The molecule has 0 saturated heterocycles. The Morgan fingerprint density at radius 3 is 1.77 bits per heavy atom. The summed E-state index contributed by atoms with van der Waals surface area (Å²) in [4.78, 5) is 47.2. The fraction of sp³-hybridized carbons (Fsp3) is 0.429. The number of ketones is 2. The van der Waals surface area contributed by atoms with E-state index in [-0.39, 0.29) is 18.2 Å². The molecular weight excluding hydrogens is 464 g/mol. The van der Waals surface area contributed by atoms with E-state index >= 15 is 0 Å². The highest BCUT2D eigenvalue weighted by Crippen LogP contribution is 2.30. The third-order valence-electron chi connectivity index (χ3n) is 5.42. The highest BCUT2D eigenvalue weighted by atomic mass is 32.2. The van der Waals surface area contributed by atoms with Crippen LogP contribution in [0, 0.1) is 11.3 Å². The Bertz CT molecular complexity index is 944. The molecule has 0 spiro atoms. The second-order valence-corrected chi connectivity index (χ2v) is 8.93. The molecule has 0 amide bonds. The Morgan fingerprint density at radius 1 is 0.829 bits per heavy atom. The Balaban J connectivity index is 0.000000355. The fourth-order valence-corrected chi connectivity index (χ4v) is 4.41. The van der Waals surface area contributed by atoms with Gasteiger partial charge in [0, 0.05) is 5.75 Å². The highest BCUT2D eigenvalue weighted by molar-refractivity contribution is 7.98. The van der Waals surface area contributed by atoms with E-state index in [0.29, 0.717) is 25.2 Å². The number of benzene rings is 2. The molecular formula is C28H36O6S. The monoisotopic (exact) mass is 500 g/mol. The molecule has 0 aliphatic rings. The van der Waals surface area contributed by atoms with Crippen LogP contribution in [0.4, 0.5) is 0 Å². The SMILES string of the molecule is CCOC(=O)C(CSC)(Cc1ccccc1)C(C)=O.CCOC(=O)C(Cc1ccccc1)C(C)=O. The summed E-state index contributed by atoms with van der Waals surface area (Å²) in [7, 11) is 0. The number of ether oxygens (including phenoxy) is 2. The Kier molecular flexibility index (Phi) is 13.7. The lowest BCUT2D eigenvalue weighted by Crippen LogP contribution is -2.43. The first-order chi connectivity index (χ1) is 16.7. The van der Waals surface area contributed by atoms with E-state index in [0.717, 1.165) is 11.1 Å². The van der Waals surface area contributed by atoms with Crippen molar-refractivity contribution in [1.82, 2.24) is 0 Å². The van der Waals surface area contributed by atoms with E-state index in [2.05, 4.69) is 0 Å². The normalized spacial score (nSPS) is 12.8. The van der Waals surface area contributed by atoms with E-state index in [4.69, 9.17) is 9.47 Å². The summed E-state index contributed by atoms with van der Waals surface area (Å²) in [5.41, 5.74) is 0.868. The first-order valence-corrected chi connectivity index (χ1v) is 13.0. The number of thioether (sulfide) groups is 1. The van der Waals surface area contributed by atoms with E-state index in [1.54, 1.807) is 13.8 Å². The maximum absolute atomic E-state index is 12.2. The molecule has 190 valence electrons. The van der Waals surface area contributed by atoms with Gasteiger partial charge in [-0.3, -0.25) is 19.2 Å². The van der Waals surface area contributed by atoms with Gasteiger partial charge in [0.05, 0.1) is 13.2 Å². The van der Waals surface area contributed by atoms with Gasteiger partial charge in [0.15, 0.2) is 0 Å². The average Bonchev–Trinajstić information content (AvgIpc) is 2.84. The average molecular weight is 501 g/mol. The van der Waals surface area contributed by atoms with Crippen molar-refractivity contribution < 1.29 is 28.7 Å². The van der Waals surface area contributed by atoms with Crippen molar-refractivity contribution in [2.45, 2.75) is 40.5 Å². The lowest BCUT2D eigenvalue weighted by molar-refractivity contribution is -0.158. The molecule has 0 aliphatic carbocycles. The van der Waals surface area contributed by atoms with Crippen molar-refractivity contribution in [2.24, 2.45) is 11.3 Å². The van der Waals surface area contributed by atoms with Crippen LogP contribution in [0.15, 0.2) is 60.7 Å². The first kappa shape index (κ1) is 30.1. The molecule has 2 rings (SSSR count). The number of rotatable bonds is 12. The second-order valence-electron chi connectivity index (χ2n) is 8.06. The maximum Gasteiger partial charge on any atom is 0.320 e. The van der Waals surface area contributed by atoms with Crippen LogP contribution in [-0.4, -0.2) is 48.7 Å². The predicted molar refractivity (Wildman–Crippen MR) is 139 cm³/mol. The molecule has 0 heterocycles. The van der Waals surface area contributed by atoms with Gasteiger partial charge in [-0.05, 0) is 57.9 Å². The van der Waals surface area contributed by atoms with Crippen molar-refractivity contribution in [2.75, 3.05) is 25.2 Å². The van der Waals surface area contributed by atoms with Crippen LogP contribution in [0.25, 0.3) is 0 Å². The summed E-state index contributed by atoms with van der Waals surface area (Å²) >= 11 is 1.49. The van der Waals surface area contributed by atoms with Gasteiger partial charge in [0.1, 0.15) is 22.9 Å². The molecule has 0 radical (unpaired) electrons. The van der Waals surface area contributed by atoms with Crippen molar-refractivity contribution in [1.29, 1.82) is 0 Å². The molecule has 0 aromatic heterocycles. The number of hydrogen-bond acceptors (Lipinski definition) is 7. The lowest BCUT2D eigenvalue weighted by Gasteiger charge is -2.28. The molecule has 7 heteroatoms. The molecule has 2 aromatic rings. The van der Waals surface area contributed by atoms with Crippen LogP contribution in [-0.2, 0) is 41.5 Å². The smallest absolute Gasteiger partial charge is 0.320 e. The molecule has 6 nitrogen and oxygen atoms in total. The topological polar surface area (TPSA) is 86.7 Å². The lowest BCUT2D eigenvalue weighted by atomic mass is 9.80. The zero-order valence-electron chi connectivity index (χ0n) is 21.2. The summed E-state index contributed by atoms with van der Waals surface area (Å²) in [6.45, 7) is 6.97. The van der Waals surface area contributed by atoms with Gasteiger partial charge >= 0.3 is 11.9 Å². The number of esters is 2. The molecule has 35 heavy (non-hydrogen) atoms. The summed E-state index contributed by atoms with van der Waals surface area (Å²) in [6.07, 6.45) is 2.69. The van der Waals surface area contributed by atoms with E-state index < -0.39 is 23.3 Å². The van der Waals surface area contributed by atoms with Gasteiger partial charge in [-0.15, -0.1) is 0 Å². The van der Waals surface area contributed by atoms with Gasteiger partial charge in [-0.25, -0.2) is 0 Å². The van der Waals surface area contributed by atoms with Gasteiger partial charge in [-0.1, -0.05) is 60.7 Å². The molecule has 0 bridgehead atoms. The third-order valence-corrected chi connectivity index (χ3v) is 6.21. The first-order valence-electron chi connectivity index (χ1n) is 11.6.